The molecule has 1 aliphatic heterocycles. The van der Waals surface area contributed by atoms with Gasteiger partial charge in [0.25, 0.3) is 0 Å². The molecular weight excluding hydrogens is 566 g/mol. The number of anilines is 3. The number of benzene rings is 1. The molecule has 4 N–H and O–H groups in total. The summed E-state index contributed by atoms with van der Waals surface area (Å²) in [4.78, 5) is 29.4. The Balaban J connectivity index is 0.00000384. The maximum atomic E-state index is 14.6. The number of imidazole rings is 1. The van der Waals surface area contributed by atoms with Crippen LogP contribution in [0.4, 0.5) is 26.4 Å². The molecule has 10 nitrogen and oxygen atoms in total. The van der Waals surface area contributed by atoms with Crippen molar-refractivity contribution in [3.63, 3.8) is 0 Å². The van der Waals surface area contributed by atoms with Crippen molar-refractivity contribution in [3.8, 4) is 0 Å². The summed E-state index contributed by atoms with van der Waals surface area (Å²) >= 11 is 0. The van der Waals surface area contributed by atoms with Crippen LogP contribution in [0.5, 0.6) is 0 Å². The summed E-state index contributed by atoms with van der Waals surface area (Å²) < 4.78 is 30.2. The molecule has 6 rings (SSSR count). The number of likely N-dealkylation sites (tertiary alicyclic amines) is 1. The summed E-state index contributed by atoms with van der Waals surface area (Å²) in [5.74, 6) is -0.410. The Morgan fingerprint density at radius 3 is 2.45 bits per heavy atom. The summed E-state index contributed by atoms with van der Waals surface area (Å²) in [6, 6.07) is 3.56. The van der Waals surface area contributed by atoms with E-state index < -0.39 is 11.6 Å². The van der Waals surface area contributed by atoms with Gasteiger partial charge in [0.1, 0.15) is 17.2 Å². The third kappa shape index (κ3) is 7.63. The van der Waals surface area contributed by atoms with E-state index in [9.17, 15) is 18.7 Å². The van der Waals surface area contributed by atoms with E-state index >= 15 is 0 Å². The molecule has 1 amide bonds. The molecule has 3 fully saturated rings. The van der Waals surface area contributed by atoms with E-state index in [1.807, 2.05) is 4.57 Å². The lowest BCUT2D eigenvalue weighted by Gasteiger charge is -2.30. The first kappa shape index (κ1) is 32.0. The highest BCUT2D eigenvalue weighted by atomic mass is 19.1. The van der Waals surface area contributed by atoms with Gasteiger partial charge in [0, 0.05) is 37.2 Å². The highest BCUT2D eigenvalue weighted by molar-refractivity contribution is 5.79. The number of nitrogens with zero attached hydrogens (tertiary/aromatic N) is 5. The van der Waals surface area contributed by atoms with Gasteiger partial charge in [-0.15, -0.1) is 0 Å². The summed E-state index contributed by atoms with van der Waals surface area (Å²) in [6.45, 7) is 3.80. The quantitative estimate of drug-likeness (QED) is 0.249. The highest BCUT2D eigenvalue weighted by Gasteiger charge is 2.30. The lowest BCUT2D eigenvalue weighted by Crippen LogP contribution is -2.40. The lowest BCUT2D eigenvalue weighted by molar-refractivity contribution is -0.126. The molecule has 3 aromatic rings. The first-order chi connectivity index (χ1) is 20.9. The average Bonchev–Trinajstić information content (AvgIpc) is 3.37. The SMILES string of the molecule is C.O=C(NCCN1CCCCC1)C1CCC(n2c(Nc3ccc(F)cc3F)nc3cnc(NC4CCC(O)CC4)nc32)CC1. The molecule has 1 aromatic carbocycles. The number of aromatic nitrogens is 4. The van der Waals surface area contributed by atoms with Gasteiger partial charge in [0.05, 0.1) is 18.0 Å². The van der Waals surface area contributed by atoms with Gasteiger partial charge < -0.3 is 26.0 Å². The van der Waals surface area contributed by atoms with Crippen LogP contribution in [0, 0.1) is 17.6 Å². The predicted octanol–water partition coefficient (Wildman–Crippen LogP) is 5.53. The van der Waals surface area contributed by atoms with Crippen molar-refractivity contribution in [3.05, 3.63) is 36.0 Å². The first-order valence-electron chi connectivity index (χ1n) is 15.8. The molecule has 12 heteroatoms. The van der Waals surface area contributed by atoms with Gasteiger partial charge in [-0.3, -0.25) is 9.36 Å². The number of amides is 1. The van der Waals surface area contributed by atoms with E-state index in [2.05, 4.69) is 25.8 Å². The Labute approximate surface area is 258 Å². The van der Waals surface area contributed by atoms with Gasteiger partial charge >= 0.3 is 0 Å². The van der Waals surface area contributed by atoms with Crippen LogP contribution < -0.4 is 16.0 Å². The maximum Gasteiger partial charge on any atom is 0.224 e. The van der Waals surface area contributed by atoms with Gasteiger partial charge in [0.2, 0.25) is 17.8 Å². The van der Waals surface area contributed by atoms with Crippen LogP contribution >= 0.6 is 0 Å². The van der Waals surface area contributed by atoms with E-state index in [0.29, 0.717) is 29.6 Å². The molecule has 3 heterocycles. The third-order valence-electron chi connectivity index (χ3n) is 9.25. The number of piperidine rings is 1. The topological polar surface area (TPSA) is 120 Å². The van der Waals surface area contributed by atoms with Crippen LogP contribution in [-0.2, 0) is 4.79 Å². The van der Waals surface area contributed by atoms with E-state index in [4.69, 9.17) is 9.97 Å². The smallest absolute Gasteiger partial charge is 0.224 e. The second-order valence-electron chi connectivity index (χ2n) is 12.3. The van der Waals surface area contributed by atoms with E-state index in [1.165, 1.54) is 31.4 Å². The molecule has 0 atom stereocenters. The Morgan fingerprint density at radius 1 is 0.977 bits per heavy atom. The number of aliphatic hydroxyl groups is 1. The van der Waals surface area contributed by atoms with E-state index in [1.54, 1.807) is 6.20 Å². The Bertz CT molecular complexity index is 1400. The summed E-state index contributed by atoms with van der Waals surface area (Å²) in [5, 5.41) is 19.5. The minimum atomic E-state index is -0.712. The fraction of sp³-hybridized carbons (Fsp3) is 0.625. The molecular formula is C32H46F2N8O2. The summed E-state index contributed by atoms with van der Waals surface area (Å²) in [5.41, 5.74) is 1.30. The molecule has 2 saturated carbocycles. The number of hydrogen-bond acceptors (Lipinski definition) is 8. The second-order valence-corrected chi connectivity index (χ2v) is 12.3. The Morgan fingerprint density at radius 2 is 1.73 bits per heavy atom. The molecule has 0 spiro atoms. The summed E-state index contributed by atoms with van der Waals surface area (Å²) in [7, 11) is 0. The van der Waals surface area contributed by atoms with Crippen molar-refractivity contribution in [2.45, 2.75) is 96.2 Å². The van der Waals surface area contributed by atoms with Crippen molar-refractivity contribution in [2.24, 2.45) is 5.92 Å². The molecule has 0 radical (unpaired) electrons. The molecule has 240 valence electrons. The third-order valence-corrected chi connectivity index (χ3v) is 9.25. The van der Waals surface area contributed by atoms with Crippen LogP contribution in [0.1, 0.15) is 84.1 Å². The molecule has 3 aliphatic rings. The largest absolute Gasteiger partial charge is 0.393 e. The number of halogens is 2. The standard InChI is InChI=1S/C31H42F2N8O2.CH4/c32-21-6-13-26(25(33)18-21)37-31-38-27-19-35-30(36-22-7-11-24(42)12-8-22)39-28(27)41(31)23-9-4-20(5-10-23)29(43)34-14-17-40-15-2-1-3-16-40;/h6,13,18-20,22-24,42H,1-5,7-12,14-17H2,(H,34,43)(H,37,38)(H,35,36,39);1H4. The highest BCUT2D eigenvalue weighted by Crippen LogP contribution is 2.37. The number of nitrogens with one attached hydrogen (secondary N) is 3. The molecule has 2 aliphatic carbocycles. The van der Waals surface area contributed by atoms with Crippen molar-refractivity contribution < 1.29 is 18.7 Å². The first-order valence-corrected chi connectivity index (χ1v) is 15.8. The zero-order valence-electron chi connectivity index (χ0n) is 24.6. The fourth-order valence-corrected chi connectivity index (χ4v) is 6.77. The van der Waals surface area contributed by atoms with Crippen LogP contribution in [0.25, 0.3) is 11.2 Å². The van der Waals surface area contributed by atoms with Crippen molar-refractivity contribution in [1.29, 1.82) is 0 Å². The number of fused-ring (bicyclic) bond motifs is 1. The van der Waals surface area contributed by atoms with Gasteiger partial charge in [0.15, 0.2) is 5.65 Å². The normalized spacial score (nSPS) is 24.4. The number of hydrogen-bond donors (Lipinski definition) is 4. The van der Waals surface area contributed by atoms with Crippen molar-refractivity contribution in [2.75, 3.05) is 36.8 Å². The average molecular weight is 613 g/mol. The van der Waals surface area contributed by atoms with Gasteiger partial charge in [-0.1, -0.05) is 13.8 Å². The van der Waals surface area contributed by atoms with Gasteiger partial charge in [-0.25, -0.2) is 18.7 Å². The minimum absolute atomic E-state index is 0. The lowest BCUT2D eigenvalue weighted by atomic mass is 9.85. The Kier molecular flexibility index (Phi) is 10.6. The molecule has 44 heavy (non-hydrogen) atoms. The van der Waals surface area contributed by atoms with Crippen LogP contribution in [-0.4, -0.2) is 73.8 Å². The summed E-state index contributed by atoms with van der Waals surface area (Å²) in [6.07, 6.45) is 11.3. The minimum Gasteiger partial charge on any atom is -0.393 e. The van der Waals surface area contributed by atoms with Gasteiger partial charge in [-0.2, -0.15) is 4.98 Å². The predicted molar refractivity (Wildman–Crippen MR) is 168 cm³/mol. The fourth-order valence-electron chi connectivity index (χ4n) is 6.77. The number of rotatable bonds is 9. The monoisotopic (exact) mass is 612 g/mol. The molecule has 0 bridgehead atoms. The second kappa shape index (κ2) is 14.6. The van der Waals surface area contributed by atoms with E-state index in [-0.39, 0.29) is 43.1 Å². The van der Waals surface area contributed by atoms with Crippen LogP contribution in [0.2, 0.25) is 0 Å². The van der Waals surface area contributed by atoms with Gasteiger partial charge in [-0.05, 0) is 89.4 Å². The van der Waals surface area contributed by atoms with Crippen molar-refractivity contribution in [1.82, 2.24) is 29.7 Å². The molecule has 2 aromatic heterocycles. The zero-order chi connectivity index (χ0) is 29.8. The van der Waals surface area contributed by atoms with Crippen LogP contribution in [0.3, 0.4) is 0 Å². The maximum absolute atomic E-state index is 14.6. The van der Waals surface area contributed by atoms with Crippen LogP contribution in [0.15, 0.2) is 24.4 Å². The number of carbonyl (C=O) groups is 1. The number of aliphatic hydroxyl groups excluding tert-OH is 1. The zero-order valence-corrected chi connectivity index (χ0v) is 24.6. The number of carbonyl (C=O) groups excluding carboxylic acids is 1. The van der Waals surface area contributed by atoms with E-state index in [0.717, 1.165) is 77.1 Å². The Hall–Kier alpha value is -3.38. The molecule has 0 unspecified atom stereocenters. The van der Waals surface area contributed by atoms with Crippen molar-refractivity contribution >= 4 is 34.7 Å². The molecule has 1 saturated heterocycles.